The maximum atomic E-state index is 11.6. The van der Waals surface area contributed by atoms with Crippen molar-refractivity contribution in [3.8, 4) is 0 Å². The average Bonchev–Trinajstić information content (AvgIpc) is 2.36. The minimum Gasteiger partial charge on any atom is -0.388 e. The summed E-state index contributed by atoms with van der Waals surface area (Å²) in [6.07, 6.45) is -0.0966. The quantitative estimate of drug-likeness (QED) is 0.848. The zero-order valence-electron chi connectivity index (χ0n) is 9.68. The van der Waals surface area contributed by atoms with Crippen LogP contribution in [0.1, 0.15) is 35.4 Å². The predicted octanol–water partition coefficient (Wildman–Crippen LogP) is 2.38. The highest BCUT2D eigenvalue weighted by Gasteiger charge is 2.17. The van der Waals surface area contributed by atoms with E-state index >= 15 is 0 Å². The summed E-state index contributed by atoms with van der Waals surface area (Å²) in [5.74, 6) is -0.496. The van der Waals surface area contributed by atoms with Gasteiger partial charge in [0.2, 0.25) is 5.91 Å². The predicted molar refractivity (Wildman–Crippen MR) is 67.7 cm³/mol. The summed E-state index contributed by atoms with van der Waals surface area (Å²) >= 11 is 0. The highest BCUT2D eigenvalue weighted by Crippen LogP contribution is 2.27. The molecule has 3 heteroatoms. The van der Waals surface area contributed by atoms with E-state index < -0.39 is 12.0 Å². The fourth-order valence-corrected chi connectivity index (χ4v) is 2.06. The van der Waals surface area contributed by atoms with Gasteiger partial charge < -0.3 is 10.8 Å². The number of primary amides is 1. The van der Waals surface area contributed by atoms with Crippen LogP contribution < -0.4 is 5.73 Å². The van der Waals surface area contributed by atoms with Crippen molar-refractivity contribution >= 4 is 16.7 Å². The first kappa shape index (κ1) is 11.6. The van der Waals surface area contributed by atoms with Gasteiger partial charge in [0.15, 0.2) is 0 Å². The lowest BCUT2D eigenvalue weighted by molar-refractivity contribution is 0.0993. The smallest absolute Gasteiger partial charge is 0.249 e. The molecule has 2 rings (SSSR count). The summed E-state index contributed by atoms with van der Waals surface area (Å²) in [6, 6.07) is 11.2. The number of aliphatic hydroxyl groups is 1. The second kappa shape index (κ2) is 4.55. The van der Waals surface area contributed by atoms with E-state index in [9.17, 15) is 9.90 Å². The Balaban J connectivity index is 2.77. The fourth-order valence-electron chi connectivity index (χ4n) is 2.06. The highest BCUT2D eigenvalue weighted by molar-refractivity contribution is 6.07. The van der Waals surface area contributed by atoms with Gasteiger partial charge in [-0.1, -0.05) is 43.3 Å². The van der Waals surface area contributed by atoms with Gasteiger partial charge in [-0.25, -0.2) is 0 Å². The highest BCUT2D eigenvalue weighted by atomic mass is 16.3. The van der Waals surface area contributed by atoms with Crippen LogP contribution in [0.3, 0.4) is 0 Å². The second-order valence-electron chi connectivity index (χ2n) is 4.04. The molecule has 0 spiro atoms. The van der Waals surface area contributed by atoms with Crippen LogP contribution in [0.5, 0.6) is 0 Å². The van der Waals surface area contributed by atoms with Crippen LogP contribution in [0.25, 0.3) is 10.8 Å². The van der Waals surface area contributed by atoms with Crippen LogP contribution in [0, 0.1) is 0 Å². The zero-order valence-corrected chi connectivity index (χ0v) is 9.68. The monoisotopic (exact) mass is 229 g/mol. The van der Waals surface area contributed by atoms with E-state index in [1.807, 2.05) is 37.3 Å². The van der Waals surface area contributed by atoms with Crippen LogP contribution in [0.2, 0.25) is 0 Å². The van der Waals surface area contributed by atoms with Gasteiger partial charge in [-0.15, -0.1) is 0 Å². The Morgan fingerprint density at radius 1 is 1.29 bits per heavy atom. The van der Waals surface area contributed by atoms with Gasteiger partial charge in [0, 0.05) is 0 Å². The van der Waals surface area contributed by atoms with Gasteiger partial charge in [0.25, 0.3) is 0 Å². The van der Waals surface area contributed by atoms with Crippen molar-refractivity contribution in [2.45, 2.75) is 19.4 Å². The summed E-state index contributed by atoms with van der Waals surface area (Å²) in [5, 5.41) is 11.7. The number of nitrogens with two attached hydrogens (primary N) is 1. The number of hydrogen-bond acceptors (Lipinski definition) is 2. The summed E-state index contributed by atoms with van der Waals surface area (Å²) < 4.78 is 0. The summed E-state index contributed by atoms with van der Waals surface area (Å²) in [6.45, 7) is 1.87. The van der Waals surface area contributed by atoms with Gasteiger partial charge in [-0.05, 0) is 22.8 Å². The van der Waals surface area contributed by atoms with Gasteiger partial charge in [0.1, 0.15) is 0 Å². The van der Waals surface area contributed by atoms with Gasteiger partial charge in [0.05, 0.1) is 11.7 Å². The van der Waals surface area contributed by atoms with Crippen LogP contribution in [0.4, 0.5) is 0 Å². The Bertz CT molecular complexity index is 563. The van der Waals surface area contributed by atoms with Crippen molar-refractivity contribution in [3.05, 3.63) is 47.5 Å². The molecule has 2 aromatic rings. The van der Waals surface area contributed by atoms with Crippen LogP contribution in [-0.4, -0.2) is 11.0 Å². The molecular weight excluding hydrogens is 214 g/mol. The van der Waals surface area contributed by atoms with Gasteiger partial charge >= 0.3 is 0 Å². The molecule has 0 fully saturated rings. The number of amides is 1. The molecule has 0 aromatic heterocycles. The summed E-state index contributed by atoms with van der Waals surface area (Å²) in [4.78, 5) is 11.6. The number of carbonyl (C=O) groups is 1. The van der Waals surface area contributed by atoms with E-state index in [2.05, 4.69) is 0 Å². The third-order valence-electron chi connectivity index (χ3n) is 2.95. The van der Waals surface area contributed by atoms with Crippen molar-refractivity contribution in [1.82, 2.24) is 0 Å². The molecule has 0 radical (unpaired) electrons. The lowest BCUT2D eigenvalue weighted by Crippen LogP contribution is -2.16. The van der Waals surface area contributed by atoms with E-state index in [1.54, 1.807) is 6.07 Å². The third-order valence-corrected chi connectivity index (χ3v) is 2.95. The number of carbonyl (C=O) groups excluding carboxylic acids is 1. The van der Waals surface area contributed by atoms with E-state index in [1.165, 1.54) is 0 Å². The molecule has 0 aliphatic carbocycles. The maximum Gasteiger partial charge on any atom is 0.249 e. The third kappa shape index (κ3) is 2.01. The lowest BCUT2D eigenvalue weighted by Gasteiger charge is -2.14. The van der Waals surface area contributed by atoms with Crippen molar-refractivity contribution in [1.29, 1.82) is 0 Å². The molecule has 1 unspecified atom stereocenters. The Hall–Kier alpha value is -1.87. The average molecular weight is 229 g/mol. The molecule has 0 heterocycles. The molecule has 0 aliphatic rings. The molecule has 0 saturated heterocycles. The molecule has 0 bridgehead atoms. The number of rotatable bonds is 3. The second-order valence-corrected chi connectivity index (χ2v) is 4.04. The minimum atomic E-state index is -0.651. The topological polar surface area (TPSA) is 63.3 Å². The number of benzene rings is 2. The molecule has 2 aromatic carbocycles. The summed E-state index contributed by atoms with van der Waals surface area (Å²) in [5.41, 5.74) is 6.46. The summed E-state index contributed by atoms with van der Waals surface area (Å²) in [7, 11) is 0. The van der Waals surface area contributed by atoms with E-state index in [-0.39, 0.29) is 0 Å². The van der Waals surface area contributed by atoms with Crippen molar-refractivity contribution < 1.29 is 9.90 Å². The number of aliphatic hydroxyl groups excluding tert-OH is 1. The first-order chi connectivity index (χ1) is 8.15. The Labute approximate surface area is 99.9 Å². The van der Waals surface area contributed by atoms with Crippen LogP contribution in [0.15, 0.2) is 36.4 Å². The minimum absolute atomic E-state index is 0.428. The first-order valence-electron chi connectivity index (χ1n) is 5.64. The van der Waals surface area contributed by atoms with Crippen molar-refractivity contribution in [3.63, 3.8) is 0 Å². The molecule has 0 saturated carbocycles. The van der Waals surface area contributed by atoms with Crippen molar-refractivity contribution in [2.75, 3.05) is 0 Å². The number of hydrogen-bond donors (Lipinski definition) is 2. The lowest BCUT2D eigenvalue weighted by atomic mass is 9.94. The molecule has 0 aliphatic heterocycles. The van der Waals surface area contributed by atoms with E-state index in [4.69, 9.17) is 5.73 Å². The normalized spacial score (nSPS) is 12.6. The number of fused-ring (bicyclic) bond motifs is 1. The fraction of sp³-hybridized carbons (Fsp3) is 0.214. The Kier molecular flexibility index (Phi) is 3.11. The van der Waals surface area contributed by atoms with E-state index in [0.717, 1.165) is 10.8 Å². The van der Waals surface area contributed by atoms with Gasteiger partial charge in [-0.2, -0.15) is 0 Å². The molecular formula is C14H15NO2. The van der Waals surface area contributed by atoms with Crippen molar-refractivity contribution in [2.24, 2.45) is 5.73 Å². The van der Waals surface area contributed by atoms with Crippen LogP contribution in [-0.2, 0) is 0 Å². The van der Waals surface area contributed by atoms with Gasteiger partial charge in [-0.3, -0.25) is 4.79 Å². The molecule has 17 heavy (non-hydrogen) atoms. The Morgan fingerprint density at radius 3 is 2.65 bits per heavy atom. The molecule has 1 atom stereocenters. The zero-order chi connectivity index (χ0) is 12.4. The first-order valence-corrected chi connectivity index (χ1v) is 5.64. The largest absolute Gasteiger partial charge is 0.388 e. The SMILES string of the molecule is CCC(O)c1ccc2ccccc2c1C(N)=O. The Morgan fingerprint density at radius 2 is 2.00 bits per heavy atom. The molecule has 3 N–H and O–H groups in total. The molecule has 1 amide bonds. The van der Waals surface area contributed by atoms with Crippen LogP contribution >= 0.6 is 0 Å². The van der Waals surface area contributed by atoms with E-state index in [0.29, 0.717) is 17.5 Å². The maximum absolute atomic E-state index is 11.6. The molecule has 3 nitrogen and oxygen atoms in total. The standard InChI is InChI=1S/C14H15NO2/c1-2-12(16)11-8-7-9-5-3-4-6-10(9)13(11)14(15)17/h3-8,12,16H,2H2,1H3,(H2,15,17). The molecule has 88 valence electrons.